The molecule has 3 aromatic carbocycles. The number of carbonyl (C=O) groups excluding carboxylic acids is 1. The molecule has 0 radical (unpaired) electrons. The minimum atomic E-state index is -0.289. The molecule has 0 bridgehead atoms. The summed E-state index contributed by atoms with van der Waals surface area (Å²) in [5.41, 5.74) is 6.06. The molecule has 0 fully saturated rings. The Balaban J connectivity index is 1.68. The van der Waals surface area contributed by atoms with Gasteiger partial charge in [0.05, 0.1) is 17.8 Å². The van der Waals surface area contributed by atoms with Crippen LogP contribution in [-0.2, 0) is 6.61 Å². The summed E-state index contributed by atoms with van der Waals surface area (Å²) in [7, 11) is 1.58. The second kappa shape index (κ2) is 10.4. The van der Waals surface area contributed by atoms with Gasteiger partial charge < -0.3 is 9.47 Å². The summed E-state index contributed by atoms with van der Waals surface area (Å²) in [4.78, 5) is 12.1. The van der Waals surface area contributed by atoms with E-state index in [1.165, 1.54) is 5.56 Å². The van der Waals surface area contributed by atoms with Crippen LogP contribution in [0.5, 0.6) is 11.5 Å². The number of nitrogens with one attached hydrogen (secondary N) is 1. The van der Waals surface area contributed by atoms with E-state index in [0.717, 1.165) is 20.1 Å². The van der Waals surface area contributed by atoms with Crippen molar-refractivity contribution in [3.8, 4) is 11.5 Å². The molecule has 0 heterocycles. The van der Waals surface area contributed by atoms with E-state index >= 15 is 0 Å². The molecule has 0 spiro atoms. The highest BCUT2D eigenvalue weighted by atomic mass is 79.9. The maximum atomic E-state index is 12.1. The van der Waals surface area contributed by atoms with Crippen molar-refractivity contribution < 1.29 is 14.3 Å². The third-order valence-electron chi connectivity index (χ3n) is 4.24. The molecule has 0 aromatic heterocycles. The van der Waals surface area contributed by atoms with Gasteiger partial charge in [0.15, 0.2) is 11.5 Å². The highest BCUT2D eigenvalue weighted by molar-refractivity contribution is 9.10. The first-order valence-corrected chi connectivity index (χ1v) is 10.7. The molecule has 0 aliphatic carbocycles. The number of halogens is 2. The maximum Gasteiger partial charge on any atom is 0.271 e. The Hall–Kier alpha value is -2.64. The van der Waals surface area contributed by atoms with Gasteiger partial charge in [0, 0.05) is 10.0 Å². The number of hydrazone groups is 1. The van der Waals surface area contributed by atoms with E-state index in [-0.39, 0.29) is 5.91 Å². The number of hydrogen-bond donors (Lipinski definition) is 1. The monoisotopic (exact) mass is 530 g/mol. The smallest absolute Gasteiger partial charge is 0.271 e. The van der Waals surface area contributed by atoms with Gasteiger partial charge >= 0.3 is 0 Å². The van der Waals surface area contributed by atoms with Crippen LogP contribution in [0.3, 0.4) is 0 Å². The molecular formula is C23H20Br2N2O3. The van der Waals surface area contributed by atoms with Crippen LogP contribution in [0, 0.1) is 6.92 Å². The standard InChI is InChI=1S/C23H20Br2N2O3/c1-15-3-5-16(6-4-15)14-30-22-20(25)11-17(12-21(22)29-2)13-26-27-23(28)18-7-9-19(24)10-8-18/h3-13H,14H2,1-2H3,(H,27,28)/b26-13-. The van der Waals surface area contributed by atoms with Gasteiger partial charge in [0.25, 0.3) is 5.91 Å². The van der Waals surface area contributed by atoms with Crippen LogP contribution >= 0.6 is 31.9 Å². The quantitative estimate of drug-likeness (QED) is 0.306. The van der Waals surface area contributed by atoms with Gasteiger partial charge in [-0.05, 0) is 70.4 Å². The molecule has 154 valence electrons. The fraction of sp³-hybridized carbons (Fsp3) is 0.130. The lowest BCUT2D eigenvalue weighted by molar-refractivity contribution is 0.0955. The Labute approximate surface area is 192 Å². The van der Waals surface area contributed by atoms with Gasteiger partial charge in [-0.2, -0.15) is 5.10 Å². The first-order chi connectivity index (χ1) is 14.5. The number of nitrogens with zero attached hydrogens (tertiary/aromatic N) is 1. The van der Waals surface area contributed by atoms with Crippen molar-refractivity contribution in [3.05, 3.63) is 91.9 Å². The second-order valence-electron chi connectivity index (χ2n) is 6.51. The van der Waals surface area contributed by atoms with Gasteiger partial charge in [-0.25, -0.2) is 5.43 Å². The lowest BCUT2D eigenvalue weighted by Gasteiger charge is -2.13. The van der Waals surface area contributed by atoms with Crippen LogP contribution in [0.2, 0.25) is 0 Å². The van der Waals surface area contributed by atoms with Crippen molar-refractivity contribution in [3.63, 3.8) is 0 Å². The average molecular weight is 532 g/mol. The molecule has 0 atom stereocenters. The molecule has 0 saturated carbocycles. The van der Waals surface area contributed by atoms with Crippen LogP contribution < -0.4 is 14.9 Å². The first kappa shape index (κ1) is 22.1. The zero-order valence-electron chi connectivity index (χ0n) is 16.5. The molecule has 7 heteroatoms. The van der Waals surface area contributed by atoms with E-state index < -0.39 is 0 Å². The molecule has 3 aromatic rings. The van der Waals surface area contributed by atoms with Gasteiger partial charge in [-0.1, -0.05) is 45.8 Å². The van der Waals surface area contributed by atoms with E-state index in [1.54, 1.807) is 43.7 Å². The fourth-order valence-corrected chi connectivity index (χ4v) is 3.46. The Morgan fingerprint density at radius 2 is 1.77 bits per heavy atom. The van der Waals surface area contributed by atoms with Crippen molar-refractivity contribution in [2.75, 3.05) is 7.11 Å². The zero-order chi connectivity index (χ0) is 21.5. The Morgan fingerprint density at radius 1 is 1.07 bits per heavy atom. The largest absolute Gasteiger partial charge is 0.493 e. The number of methoxy groups -OCH3 is 1. The van der Waals surface area contributed by atoms with Crippen molar-refractivity contribution in [2.24, 2.45) is 5.10 Å². The molecule has 3 rings (SSSR count). The molecule has 1 N–H and O–H groups in total. The predicted octanol–water partition coefficient (Wildman–Crippen LogP) is 5.87. The number of hydrogen-bond acceptors (Lipinski definition) is 4. The topological polar surface area (TPSA) is 59.9 Å². The molecule has 1 amide bonds. The lowest BCUT2D eigenvalue weighted by atomic mass is 10.2. The summed E-state index contributed by atoms with van der Waals surface area (Å²) in [5, 5.41) is 4.03. The van der Waals surface area contributed by atoms with Crippen LogP contribution in [0.25, 0.3) is 0 Å². The third kappa shape index (κ3) is 5.93. The van der Waals surface area contributed by atoms with Crippen molar-refractivity contribution >= 4 is 44.0 Å². The fourth-order valence-electron chi connectivity index (χ4n) is 2.63. The summed E-state index contributed by atoms with van der Waals surface area (Å²) in [6, 6.07) is 18.8. The second-order valence-corrected chi connectivity index (χ2v) is 8.28. The minimum absolute atomic E-state index is 0.289. The van der Waals surface area contributed by atoms with Crippen LogP contribution in [0.15, 0.2) is 74.7 Å². The maximum absolute atomic E-state index is 12.1. The van der Waals surface area contributed by atoms with Crippen molar-refractivity contribution in [1.82, 2.24) is 5.43 Å². The normalized spacial score (nSPS) is 10.8. The van der Waals surface area contributed by atoms with E-state index in [0.29, 0.717) is 23.7 Å². The summed E-state index contributed by atoms with van der Waals surface area (Å²) >= 11 is 6.87. The van der Waals surface area contributed by atoms with Crippen molar-refractivity contribution in [1.29, 1.82) is 0 Å². The summed E-state index contributed by atoms with van der Waals surface area (Å²) in [6.07, 6.45) is 1.55. The molecular weight excluding hydrogens is 512 g/mol. The van der Waals surface area contributed by atoms with Crippen LogP contribution in [0.4, 0.5) is 0 Å². The average Bonchev–Trinajstić information content (AvgIpc) is 2.74. The highest BCUT2D eigenvalue weighted by Gasteiger charge is 2.12. The number of aryl methyl sites for hydroxylation is 1. The van der Waals surface area contributed by atoms with Gasteiger partial charge in [-0.3, -0.25) is 4.79 Å². The van der Waals surface area contributed by atoms with Crippen LogP contribution in [-0.4, -0.2) is 19.2 Å². The Bertz CT molecular complexity index is 1050. The highest BCUT2D eigenvalue weighted by Crippen LogP contribution is 2.36. The summed E-state index contributed by atoms with van der Waals surface area (Å²) in [5.74, 6) is 0.883. The number of benzene rings is 3. The molecule has 0 unspecified atom stereocenters. The number of rotatable bonds is 7. The number of ether oxygens (including phenoxy) is 2. The molecule has 0 aliphatic heterocycles. The summed E-state index contributed by atoms with van der Waals surface area (Å²) < 4.78 is 13.1. The van der Waals surface area contributed by atoms with E-state index in [4.69, 9.17) is 9.47 Å². The molecule has 0 saturated heterocycles. The minimum Gasteiger partial charge on any atom is -0.493 e. The summed E-state index contributed by atoms with van der Waals surface area (Å²) in [6.45, 7) is 2.47. The Morgan fingerprint density at radius 3 is 2.43 bits per heavy atom. The van der Waals surface area contributed by atoms with E-state index in [2.05, 4.69) is 42.4 Å². The van der Waals surface area contributed by atoms with Gasteiger partial charge in [-0.15, -0.1) is 0 Å². The molecule has 0 aliphatic rings. The number of carbonyl (C=O) groups is 1. The third-order valence-corrected chi connectivity index (χ3v) is 5.36. The molecule has 30 heavy (non-hydrogen) atoms. The first-order valence-electron chi connectivity index (χ1n) is 9.11. The predicted molar refractivity (Wildman–Crippen MR) is 125 cm³/mol. The van der Waals surface area contributed by atoms with Gasteiger partial charge in [0.2, 0.25) is 0 Å². The molecule has 5 nitrogen and oxygen atoms in total. The van der Waals surface area contributed by atoms with E-state index in [9.17, 15) is 4.79 Å². The van der Waals surface area contributed by atoms with Crippen LogP contribution in [0.1, 0.15) is 27.0 Å². The lowest BCUT2D eigenvalue weighted by Crippen LogP contribution is -2.17. The SMILES string of the molecule is COc1cc(/C=N\NC(=O)c2ccc(Br)cc2)cc(Br)c1OCc1ccc(C)cc1. The van der Waals surface area contributed by atoms with Crippen molar-refractivity contribution in [2.45, 2.75) is 13.5 Å². The van der Waals surface area contributed by atoms with E-state index in [1.807, 2.05) is 37.3 Å². The zero-order valence-corrected chi connectivity index (χ0v) is 19.7. The Kier molecular flexibility index (Phi) is 7.65. The van der Waals surface area contributed by atoms with Gasteiger partial charge in [0.1, 0.15) is 6.61 Å². The number of amides is 1.